The molecule has 0 bridgehead atoms. The fourth-order valence-corrected chi connectivity index (χ4v) is 6.60. The molecule has 3 aliphatic rings. The quantitative estimate of drug-likeness (QED) is 0.283. The van der Waals surface area contributed by atoms with Crippen molar-refractivity contribution in [1.29, 1.82) is 0 Å². The minimum atomic E-state index is -0.0109. The zero-order chi connectivity index (χ0) is 30.1. The Morgan fingerprint density at radius 3 is 2.26 bits per heavy atom. The van der Waals surface area contributed by atoms with E-state index in [9.17, 15) is 9.59 Å². The van der Waals surface area contributed by atoms with Gasteiger partial charge in [-0.15, -0.1) is 0 Å². The van der Waals surface area contributed by atoms with Crippen LogP contribution < -0.4 is 20.5 Å². The standard InChI is InChI=1S/C33H54N4O5/c1-23(2)36(33(39)26-10-13-30(41-4)31(17-26)42-15-5-14-40-3)21-27-19-35-20-28(27)22-37(29-11-12-29)32(38)16-24-6-8-25(18-34)9-7-24/h10,13,17,23-25,27-29,35H,5-9,11-12,14-16,18-22,34H2,1-4H3/t24?,25?,27-,28-/m0/s1. The molecule has 1 saturated heterocycles. The Morgan fingerprint density at radius 2 is 1.64 bits per heavy atom. The van der Waals surface area contributed by atoms with Gasteiger partial charge in [0.05, 0.1) is 13.7 Å². The Bertz CT molecular complexity index is 1010. The van der Waals surface area contributed by atoms with E-state index in [1.54, 1.807) is 26.4 Å². The van der Waals surface area contributed by atoms with Crippen LogP contribution in [0.15, 0.2) is 18.2 Å². The topological polar surface area (TPSA) is 106 Å². The fourth-order valence-electron chi connectivity index (χ4n) is 6.60. The molecule has 0 radical (unpaired) electrons. The third-order valence-corrected chi connectivity index (χ3v) is 9.46. The lowest BCUT2D eigenvalue weighted by atomic mass is 9.80. The molecule has 1 aromatic carbocycles. The average Bonchev–Trinajstić information content (AvgIpc) is 3.74. The second kappa shape index (κ2) is 15.9. The SMILES string of the molecule is COCCCOc1cc(C(=O)N(C[C@@H]2CNC[C@H]2CN(C(=O)CC2CCC(CN)CC2)C2CC2)C(C)C)ccc1OC. The molecule has 0 spiro atoms. The van der Waals surface area contributed by atoms with E-state index in [0.29, 0.717) is 72.9 Å². The lowest BCUT2D eigenvalue weighted by molar-refractivity contribution is -0.134. The van der Waals surface area contributed by atoms with Gasteiger partial charge in [0, 0.05) is 70.4 Å². The maximum absolute atomic E-state index is 13.8. The maximum atomic E-state index is 13.8. The van der Waals surface area contributed by atoms with Gasteiger partial charge in [-0.2, -0.15) is 0 Å². The van der Waals surface area contributed by atoms with E-state index in [1.165, 1.54) is 0 Å². The molecule has 1 heterocycles. The van der Waals surface area contributed by atoms with Crippen molar-refractivity contribution in [2.24, 2.45) is 29.4 Å². The van der Waals surface area contributed by atoms with Crippen LogP contribution in [0.2, 0.25) is 0 Å². The number of nitrogens with two attached hydrogens (primary N) is 1. The first-order chi connectivity index (χ1) is 20.3. The van der Waals surface area contributed by atoms with Crippen LogP contribution in [0, 0.1) is 23.7 Å². The van der Waals surface area contributed by atoms with Gasteiger partial charge in [-0.05, 0) is 101 Å². The molecule has 2 atom stereocenters. The van der Waals surface area contributed by atoms with Gasteiger partial charge in [0.1, 0.15) is 0 Å². The molecule has 1 aromatic rings. The van der Waals surface area contributed by atoms with Crippen molar-refractivity contribution in [3.05, 3.63) is 23.8 Å². The van der Waals surface area contributed by atoms with E-state index >= 15 is 0 Å². The van der Waals surface area contributed by atoms with Crippen molar-refractivity contribution in [2.75, 3.05) is 60.2 Å². The van der Waals surface area contributed by atoms with Crippen molar-refractivity contribution < 1.29 is 23.8 Å². The summed E-state index contributed by atoms with van der Waals surface area (Å²) in [7, 11) is 3.27. The minimum absolute atomic E-state index is 0.0109. The summed E-state index contributed by atoms with van der Waals surface area (Å²) in [5, 5.41) is 3.56. The van der Waals surface area contributed by atoms with E-state index in [0.717, 1.165) is 71.1 Å². The van der Waals surface area contributed by atoms with Gasteiger partial charge >= 0.3 is 0 Å². The summed E-state index contributed by atoms with van der Waals surface area (Å²) in [4.78, 5) is 31.6. The highest BCUT2D eigenvalue weighted by atomic mass is 16.5. The molecule has 1 aliphatic heterocycles. The third-order valence-electron chi connectivity index (χ3n) is 9.46. The van der Waals surface area contributed by atoms with Crippen LogP contribution in [0.25, 0.3) is 0 Å². The molecular weight excluding hydrogens is 532 g/mol. The number of benzene rings is 1. The van der Waals surface area contributed by atoms with Crippen molar-refractivity contribution in [3.63, 3.8) is 0 Å². The van der Waals surface area contributed by atoms with Crippen LogP contribution in [0.4, 0.5) is 0 Å². The molecule has 9 heteroatoms. The number of carbonyl (C=O) groups is 2. The molecule has 2 saturated carbocycles. The molecule has 3 N–H and O–H groups in total. The summed E-state index contributed by atoms with van der Waals surface area (Å²) in [6.45, 7) is 9.16. The van der Waals surface area contributed by atoms with Gasteiger partial charge in [0.15, 0.2) is 11.5 Å². The number of ether oxygens (including phenoxy) is 3. The van der Waals surface area contributed by atoms with Crippen molar-refractivity contribution in [2.45, 2.75) is 77.3 Å². The predicted octanol–water partition coefficient (Wildman–Crippen LogP) is 3.94. The molecule has 4 rings (SSSR count). The second-order valence-corrected chi connectivity index (χ2v) is 12.9. The van der Waals surface area contributed by atoms with E-state index in [2.05, 4.69) is 24.1 Å². The summed E-state index contributed by atoms with van der Waals surface area (Å²) < 4.78 is 16.5. The summed E-state index contributed by atoms with van der Waals surface area (Å²) in [5.41, 5.74) is 6.47. The molecule has 3 fully saturated rings. The first-order valence-corrected chi connectivity index (χ1v) is 16.2. The first-order valence-electron chi connectivity index (χ1n) is 16.2. The van der Waals surface area contributed by atoms with Crippen LogP contribution in [-0.2, 0) is 9.53 Å². The fraction of sp³-hybridized carbons (Fsp3) is 0.758. The minimum Gasteiger partial charge on any atom is -0.493 e. The van der Waals surface area contributed by atoms with Crippen LogP contribution in [-0.4, -0.2) is 93.9 Å². The Kier molecular flexibility index (Phi) is 12.3. The maximum Gasteiger partial charge on any atom is 0.254 e. The lowest BCUT2D eigenvalue weighted by Gasteiger charge is -2.34. The Labute approximate surface area is 252 Å². The van der Waals surface area contributed by atoms with Crippen molar-refractivity contribution in [1.82, 2.24) is 15.1 Å². The number of hydrogen-bond acceptors (Lipinski definition) is 7. The Hall–Kier alpha value is -2.36. The van der Waals surface area contributed by atoms with E-state index < -0.39 is 0 Å². The number of hydrogen-bond donors (Lipinski definition) is 2. The third kappa shape index (κ3) is 8.83. The molecular formula is C33H54N4O5. The molecule has 236 valence electrons. The Morgan fingerprint density at radius 1 is 0.952 bits per heavy atom. The Balaban J connectivity index is 1.39. The highest BCUT2D eigenvalue weighted by Crippen LogP contribution is 2.35. The zero-order valence-electron chi connectivity index (χ0n) is 26.3. The molecule has 0 unspecified atom stereocenters. The zero-order valence-corrected chi connectivity index (χ0v) is 26.3. The van der Waals surface area contributed by atoms with Gasteiger partial charge < -0.3 is 35.1 Å². The van der Waals surface area contributed by atoms with Gasteiger partial charge in [0.2, 0.25) is 5.91 Å². The monoisotopic (exact) mass is 586 g/mol. The van der Waals surface area contributed by atoms with Gasteiger partial charge in [-0.1, -0.05) is 0 Å². The summed E-state index contributed by atoms with van der Waals surface area (Å²) in [5.74, 6) is 3.23. The molecule has 2 amide bonds. The van der Waals surface area contributed by atoms with Crippen LogP contribution in [0.1, 0.15) is 75.6 Å². The van der Waals surface area contributed by atoms with Crippen LogP contribution >= 0.6 is 0 Å². The number of nitrogens with one attached hydrogen (secondary N) is 1. The van der Waals surface area contributed by atoms with Crippen molar-refractivity contribution in [3.8, 4) is 11.5 Å². The summed E-state index contributed by atoms with van der Waals surface area (Å²) >= 11 is 0. The average molecular weight is 587 g/mol. The number of carbonyl (C=O) groups excluding carboxylic acids is 2. The largest absolute Gasteiger partial charge is 0.493 e. The lowest BCUT2D eigenvalue weighted by Crippen LogP contribution is -2.45. The van der Waals surface area contributed by atoms with Gasteiger partial charge in [-0.3, -0.25) is 9.59 Å². The number of rotatable bonds is 16. The summed E-state index contributed by atoms with van der Waals surface area (Å²) in [6.07, 6.45) is 8.19. The van der Waals surface area contributed by atoms with E-state index in [-0.39, 0.29) is 17.9 Å². The van der Waals surface area contributed by atoms with Gasteiger partial charge in [0.25, 0.3) is 5.91 Å². The molecule has 2 aliphatic carbocycles. The van der Waals surface area contributed by atoms with Crippen molar-refractivity contribution >= 4 is 11.8 Å². The smallest absolute Gasteiger partial charge is 0.254 e. The number of methoxy groups -OCH3 is 2. The summed E-state index contributed by atoms with van der Waals surface area (Å²) in [6, 6.07) is 5.85. The van der Waals surface area contributed by atoms with Gasteiger partial charge in [-0.25, -0.2) is 0 Å². The first kappa shape index (κ1) is 32.6. The number of amides is 2. The van der Waals surface area contributed by atoms with Crippen LogP contribution in [0.3, 0.4) is 0 Å². The second-order valence-electron chi connectivity index (χ2n) is 12.9. The highest BCUT2D eigenvalue weighted by Gasteiger charge is 2.39. The highest BCUT2D eigenvalue weighted by molar-refractivity contribution is 5.95. The van der Waals surface area contributed by atoms with E-state index in [1.807, 2.05) is 11.0 Å². The normalized spacial score (nSPS) is 24.0. The number of nitrogens with zero attached hydrogens (tertiary/aromatic N) is 2. The van der Waals surface area contributed by atoms with Crippen LogP contribution in [0.5, 0.6) is 11.5 Å². The predicted molar refractivity (Wildman–Crippen MR) is 165 cm³/mol. The molecule has 42 heavy (non-hydrogen) atoms. The molecule has 0 aromatic heterocycles. The molecule has 9 nitrogen and oxygen atoms in total. The van der Waals surface area contributed by atoms with E-state index in [4.69, 9.17) is 19.9 Å².